The van der Waals surface area contributed by atoms with Crippen molar-refractivity contribution in [3.63, 3.8) is 0 Å². The number of ether oxygens (including phenoxy) is 2. The summed E-state index contributed by atoms with van der Waals surface area (Å²) in [5.41, 5.74) is 2.54. The number of hydrogen-bond acceptors (Lipinski definition) is 4. The van der Waals surface area contributed by atoms with Crippen LogP contribution < -0.4 is 9.47 Å². The summed E-state index contributed by atoms with van der Waals surface area (Å²) in [7, 11) is -0.391. The fraction of sp³-hybridized carbons (Fsp3) is 0.562. The summed E-state index contributed by atoms with van der Waals surface area (Å²) < 4.78 is 25.2. The lowest BCUT2D eigenvalue weighted by molar-refractivity contribution is 0.242. The molecule has 4 nitrogen and oxygen atoms in total. The Labute approximate surface area is 235 Å². The molecule has 0 amide bonds. The Morgan fingerprint density at radius 3 is 1.29 bits per heavy atom. The first-order valence-corrected chi connectivity index (χ1v) is 21.1. The largest absolute Gasteiger partial charge is 0.545 e. The molecule has 2 atom stereocenters. The summed E-state index contributed by atoms with van der Waals surface area (Å²) in [6, 6.07) is 16.9. The van der Waals surface area contributed by atoms with Gasteiger partial charge in [0, 0.05) is 11.8 Å². The first kappa shape index (κ1) is 32.0. The molecule has 0 aliphatic heterocycles. The highest BCUT2D eigenvalue weighted by Crippen LogP contribution is 2.37. The summed E-state index contributed by atoms with van der Waals surface area (Å²) in [6.45, 7) is 18.2. The second-order valence-corrected chi connectivity index (χ2v) is 21.1. The molecule has 2 rings (SSSR count). The molecule has 0 radical (unpaired) electrons. The molecule has 0 aromatic heterocycles. The van der Waals surface area contributed by atoms with E-state index in [-0.39, 0.29) is 11.8 Å². The van der Waals surface area contributed by atoms with Crippen LogP contribution >= 0.6 is 0 Å². The van der Waals surface area contributed by atoms with E-state index in [2.05, 4.69) is 89.5 Å². The Morgan fingerprint density at radius 1 is 0.632 bits per heavy atom. The molecule has 0 fully saturated rings. The van der Waals surface area contributed by atoms with Gasteiger partial charge in [-0.3, -0.25) is 0 Å². The lowest BCUT2D eigenvalue weighted by Crippen LogP contribution is -2.34. The summed E-state index contributed by atoms with van der Waals surface area (Å²) in [4.78, 5) is 0. The molecule has 0 aliphatic rings. The highest BCUT2D eigenvalue weighted by Gasteiger charge is 2.33. The monoisotopic (exact) mass is 556 g/mol. The minimum Gasteiger partial charge on any atom is -0.545 e. The van der Waals surface area contributed by atoms with E-state index < -0.39 is 16.6 Å². The van der Waals surface area contributed by atoms with E-state index in [1.54, 1.807) is 14.2 Å². The predicted octanol–water partition coefficient (Wildman–Crippen LogP) is 9.24. The fourth-order valence-corrected chi connectivity index (χ4v) is 6.70. The zero-order valence-corrected chi connectivity index (χ0v) is 27.6. The number of rotatable bonds is 16. The molecular weight excluding hydrogens is 505 g/mol. The molecule has 0 heterocycles. The van der Waals surface area contributed by atoms with E-state index >= 15 is 0 Å². The maximum Gasteiger partial charge on any atom is 0.241 e. The molecule has 2 aromatic carbocycles. The number of allylic oxidation sites excluding steroid dienone is 2. The fourth-order valence-electron chi connectivity index (χ4n) is 4.85. The molecular formula is C32H52O4Si2. The van der Waals surface area contributed by atoms with Crippen LogP contribution in [0.1, 0.15) is 50.7 Å². The number of benzene rings is 2. The lowest BCUT2D eigenvalue weighted by atomic mass is 9.87. The second kappa shape index (κ2) is 14.8. The molecule has 0 spiro atoms. The molecule has 2 aromatic rings. The van der Waals surface area contributed by atoms with Crippen molar-refractivity contribution in [3.05, 3.63) is 71.2 Å². The molecule has 0 bridgehead atoms. The molecule has 212 valence electrons. The van der Waals surface area contributed by atoms with E-state index in [9.17, 15) is 0 Å². The number of methoxy groups -OCH3 is 2. The molecule has 6 heteroatoms. The molecule has 38 heavy (non-hydrogen) atoms. The summed E-state index contributed by atoms with van der Waals surface area (Å²) in [5, 5.41) is 0. The van der Waals surface area contributed by atoms with Crippen molar-refractivity contribution in [1.82, 2.24) is 0 Å². The Kier molecular flexibility index (Phi) is 12.5. The van der Waals surface area contributed by atoms with Crippen molar-refractivity contribution in [2.24, 2.45) is 11.8 Å². The van der Waals surface area contributed by atoms with Gasteiger partial charge in [0.1, 0.15) is 23.0 Å². The van der Waals surface area contributed by atoms with Crippen molar-refractivity contribution in [2.75, 3.05) is 14.2 Å². The zero-order valence-electron chi connectivity index (χ0n) is 25.6. The minimum absolute atomic E-state index is 0.245. The van der Waals surface area contributed by atoms with Crippen molar-refractivity contribution in [2.45, 2.75) is 91.7 Å². The van der Waals surface area contributed by atoms with Gasteiger partial charge in [0.05, 0.1) is 14.2 Å². The lowest BCUT2D eigenvalue weighted by Gasteiger charge is -2.35. The molecule has 0 saturated carbocycles. The zero-order chi connectivity index (χ0) is 28.3. The van der Waals surface area contributed by atoms with Gasteiger partial charge in [-0.25, -0.2) is 0 Å². The quantitative estimate of drug-likeness (QED) is 0.152. The van der Waals surface area contributed by atoms with Gasteiger partial charge in [-0.2, -0.15) is 0 Å². The standard InChI is InChI=1S/C32H52O4Si2/c1-11-15-27(21-25-17-13-19-29(23-25)33-3)31(35-37(5,6)7)32(36-38(8,9)10)28(16-12-2)22-26-18-14-20-30(24-26)34-4/h13-14,17-20,23-24,27-28H,11-12,15-16,21-22H2,1-10H3/b32-31+/t27-,28-/m1/s1. The Bertz CT molecular complexity index is 939. The van der Waals surface area contributed by atoms with Gasteiger partial charge >= 0.3 is 0 Å². The third-order valence-corrected chi connectivity index (χ3v) is 7.99. The maximum absolute atomic E-state index is 7.06. The van der Waals surface area contributed by atoms with Crippen LogP contribution in [0.5, 0.6) is 11.5 Å². The van der Waals surface area contributed by atoms with E-state index in [4.69, 9.17) is 18.3 Å². The summed E-state index contributed by atoms with van der Waals surface area (Å²) in [6.07, 6.45) is 6.08. The molecule has 0 unspecified atom stereocenters. The van der Waals surface area contributed by atoms with Crippen molar-refractivity contribution in [3.8, 4) is 11.5 Å². The minimum atomic E-state index is -1.93. The Hall–Kier alpha value is -2.19. The van der Waals surface area contributed by atoms with Crippen LogP contribution in [0.4, 0.5) is 0 Å². The average Bonchev–Trinajstić information content (AvgIpc) is 2.85. The normalized spacial score (nSPS) is 14.4. The molecule has 0 N–H and O–H groups in total. The topological polar surface area (TPSA) is 36.9 Å². The van der Waals surface area contributed by atoms with E-state index in [0.717, 1.165) is 61.5 Å². The van der Waals surface area contributed by atoms with Gasteiger partial charge in [0.2, 0.25) is 16.6 Å². The van der Waals surface area contributed by atoms with E-state index in [1.165, 1.54) is 11.1 Å². The highest BCUT2D eigenvalue weighted by molar-refractivity contribution is 6.70. The van der Waals surface area contributed by atoms with Crippen LogP contribution in [0.25, 0.3) is 0 Å². The Morgan fingerprint density at radius 2 is 1.00 bits per heavy atom. The van der Waals surface area contributed by atoms with E-state index in [1.807, 2.05) is 12.1 Å². The van der Waals surface area contributed by atoms with Crippen molar-refractivity contribution < 1.29 is 18.3 Å². The van der Waals surface area contributed by atoms with Gasteiger partial charge in [-0.15, -0.1) is 0 Å². The third kappa shape index (κ3) is 10.9. The van der Waals surface area contributed by atoms with Crippen LogP contribution in [0.3, 0.4) is 0 Å². The Balaban J connectivity index is 2.70. The SMILES string of the molecule is CCC[C@H](Cc1cccc(OC)c1)/C(O[Si](C)(C)C)=C(\O[Si](C)(C)C)[C@H](CCC)Cc1cccc(OC)c1. The van der Waals surface area contributed by atoms with Crippen LogP contribution in [-0.2, 0) is 21.7 Å². The smallest absolute Gasteiger partial charge is 0.241 e. The predicted molar refractivity (Wildman–Crippen MR) is 166 cm³/mol. The van der Waals surface area contributed by atoms with Crippen molar-refractivity contribution in [1.29, 1.82) is 0 Å². The first-order valence-electron chi connectivity index (χ1n) is 14.3. The maximum atomic E-state index is 7.06. The average molecular weight is 557 g/mol. The molecule has 0 aliphatic carbocycles. The second-order valence-electron chi connectivity index (χ2n) is 12.2. The summed E-state index contributed by atoms with van der Waals surface area (Å²) in [5.74, 6) is 4.48. The molecule has 0 saturated heterocycles. The van der Waals surface area contributed by atoms with Gasteiger partial charge < -0.3 is 18.3 Å². The van der Waals surface area contributed by atoms with Crippen LogP contribution in [0.15, 0.2) is 60.0 Å². The van der Waals surface area contributed by atoms with Crippen LogP contribution in [-0.4, -0.2) is 30.9 Å². The third-order valence-electron chi connectivity index (χ3n) is 6.32. The van der Waals surface area contributed by atoms with Crippen molar-refractivity contribution >= 4 is 16.6 Å². The van der Waals surface area contributed by atoms with Crippen LogP contribution in [0, 0.1) is 11.8 Å². The van der Waals surface area contributed by atoms with Gasteiger partial charge in [0.25, 0.3) is 0 Å². The number of hydrogen-bond donors (Lipinski definition) is 0. The van der Waals surface area contributed by atoms with Gasteiger partial charge in [0.15, 0.2) is 0 Å². The van der Waals surface area contributed by atoms with Gasteiger partial charge in [-0.05, 0) is 100 Å². The van der Waals surface area contributed by atoms with Gasteiger partial charge in [-0.1, -0.05) is 51.0 Å². The summed E-state index contributed by atoms with van der Waals surface area (Å²) >= 11 is 0. The van der Waals surface area contributed by atoms with E-state index in [0.29, 0.717) is 0 Å². The van der Waals surface area contributed by atoms with Crippen LogP contribution in [0.2, 0.25) is 39.3 Å². The first-order chi connectivity index (χ1) is 17.9. The highest BCUT2D eigenvalue weighted by atomic mass is 28.4.